The highest BCUT2D eigenvalue weighted by molar-refractivity contribution is 14.1. The van der Waals surface area contributed by atoms with E-state index in [0.29, 0.717) is 0 Å². The van der Waals surface area contributed by atoms with E-state index in [0.717, 1.165) is 9.99 Å². The zero-order valence-corrected chi connectivity index (χ0v) is 9.19. The van der Waals surface area contributed by atoms with Gasteiger partial charge in [0, 0.05) is 4.43 Å². The number of hydrogen-bond acceptors (Lipinski definition) is 2. The minimum Gasteiger partial charge on any atom is -0.368 e. The lowest BCUT2D eigenvalue weighted by atomic mass is 10.1. The third-order valence-corrected chi connectivity index (χ3v) is 2.68. The van der Waals surface area contributed by atoms with Crippen molar-refractivity contribution in [1.29, 1.82) is 0 Å². The van der Waals surface area contributed by atoms with E-state index in [1.807, 2.05) is 24.3 Å². The molecule has 1 aromatic rings. The molecule has 4 heteroatoms. The smallest absolute Gasteiger partial charge is 0.238 e. The zero-order valence-electron chi connectivity index (χ0n) is 7.03. The number of carbonyl (C=O) groups is 1. The molecule has 13 heavy (non-hydrogen) atoms. The van der Waals surface area contributed by atoms with Crippen LogP contribution in [0.15, 0.2) is 24.3 Å². The van der Waals surface area contributed by atoms with Crippen LogP contribution in [0.5, 0.6) is 0 Å². The number of nitrogens with two attached hydrogens (primary N) is 2. The summed E-state index contributed by atoms with van der Waals surface area (Å²) in [6, 6.07) is 6.88. The summed E-state index contributed by atoms with van der Waals surface area (Å²) >= 11 is 2.27. The van der Waals surface area contributed by atoms with Crippen molar-refractivity contribution in [3.63, 3.8) is 0 Å². The number of alkyl halides is 1. The van der Waals surface area contributed by atoms with Crippen LogP contribution in [0.3, 0.4) is 0 Å². The van der Waals surface area contributed by atoms with Gasteiger partial charge in [0.15, 0.2) is 0 Å². The first-order chi connectivity index (χ1) is 6.15. The number of amides is 1. The molecular formula is C9H11IN2O. The van der Waals surface area contributed by atoms with Gasteiger partial charge < -0.3 is 11.5 Å². The molecule has 0 saturated heterocycles. The van der Waals surface area contributed by atoms with Crippen molar-refractivity contribution in [2.45, 2.75) is 10.5 Å². The van der Waals surface area contributed by atoms with E-state index in [4.69, 9.17) is 11.5 Å². The van der Waals surface area contributed by atoms with Crippen molar-refractivity contribution in [1.82, 2.24) is 0 Å². The molecule has 1 rings (SSSR count). The summed E-state index contributed by atoms with van der Waals surface area (Å²) in [5.74, 6) is -0.498. The van der Waals surface area contributed by atoms with Gasteiger partial charge in [0.2, 0.25) is 5.91 Å². The lowest BCUT2D eigenvalue weighted by Crippen LogP contribution is -2.28. The molecule has 0 spiro atoms. The van der Waals surface area contributed by atoms with Crippen LogP contribution in [0.25, 0.3) is 0 Å². The van der Waals surface area contributed by atoms with Crippen LogP contribution >= 0.6 is 22.6 Å². The maximum atomic E-state index is 10.7. The fourth-order valence-corrected chi connectivity index (χ4v) is 1.49. The average Bonchev–Trinajstić information content (AvgIpc) is 2.17. The van der Waals surface area contributed by atoms with Crippen molar-refractivity contribution >= 4 is 28.5 Å². The predicted molar refractivity (Wildman–Crippen MR) is 60.3 cm³/mol. The molecule has 0 bridgehead atoms. The lowest BCUT2D eigenvalue weighted by molar-refractivity contribution is -0.119. The van der Waals surface area contributed by atoms with Crippen LogP contribution in [0.1, 0.15) is 17.2 Å². The number of hydrogen-bond donors (Lipinski definition) is 2. The van der Waals surface area contributed by atoms with Gasteiger partial charge in [-0.1, -0.05) is 46.9 Å². The van der Waals surface area contributed by atoms with Crippen LogP contribution in [-0.4, -0.2) is 5.91 Å². The quantitative estimate of drug-likeness (QED) is 0.646. The Bertz CT molecular complexity index is 297. The van der Waals surface area contributed by atoms with E-state index in [9.17, 15) is 4.79 Å². The second kappa shape index (κ2) is 4.57. The standard InChI is InChI=1S/C9H11IN2O/c10-5-6-1-3-7(4-2-6)8(11)9(12)13/h1-4,8H,5,11H2,(H2,12,13). The number of rotatable bonds is 3. The van der Waals surface area contributed by atoms with Crippen molar-refractivity contribution in [3.05, 3.63) is 35.4 Å². The van der Waals surface area contributed by atoms with E-state index in [-0.39, 0.29) is 0 Å². The molecule has 1 amide bonds. The van der Waals surface area contributed by atoms with Gasteiger partial charge in [-0.05, 0) is 11.1 Å². The molecule has 0 radical (unpaired) electrons. The number of carbonyl (C=O) groups excluding carboxylic acids is 1. The highest BCUT2D eigenvalue weighted by Crippen LogP contribution is 2.12. The molecule has 0 fully saturated rings. The summed E-state index contributed by atoms with van der Waals surface area (Å²) in [6.07, 6.45) is 0. The molecule has 0 aliphatic heterocycles. The van der Waals surface area contributed by atoms with Crippen LogP contribution in [-0.2, 0) is 9.22 Å². The second-order valence-corrected chi connectivity index (χ2v) is 3.52. The summed E-state index contributed by atoms with van der Waals surface area (Å²) in [4.78, 5) is 10.7. The molecule has 1 atom stereocenters. The van der Waals surface area contributed by atoms with Gasteiger partial charge >= 0.3 is 0 Å². The van der Waals surface area contributed by atoms with Gasteiger partial charge in [0.05, 0.1) is 0 Å². The molecule has 0 aliphatic rings. The fraction of sp³-hybridized carbons (Fsp3) is 0.222. The van der Waals surface area contributed by atoms with Crippen molar-refractivity contribution in [2.75, 3.05) is 0 Å². The molecule has 0 aliphatic carbocycles. The number of halogens is 1. The molecule has 4 N–H and O–H groups in total. The Balaban J connectivity index is 2.85. The van der Waals surface area contributed by atoms with Crippen LogP contribution in [0, 0.1) is 0 Å². The zero-order chi connectivity index (χ0) is 9.84. The van der Waals surface area contributed by atoms with Crippen LogP contribution in [0.4, 0.5) is 0 Å². The van der Waals surface area contributed by atoms with Gasteiger partial charge in [0.25, 0.3) is 0 Å². The Hall–Kier alpha value is -0.620. The fourth-order valence-electron chi connectivity index (χ4n) is 0.978. The topological polar surface area (TPSA) is 69.1 Å². The summed E-state index contributed by atoms with van der Waals surface area (Å²) < 4.78 is 0.948. The van der Waals surface area contributed by atoms with Crippen molar-refractivity contribution in [2.24, 2.45) is 11.5 Å². The number of benzene rings is 1. The van der Waals surface area contributed by atoms with E-state index < -0.39 is 11.9 Å². The predicted octanol–water partition coefficient (Wildman–Crippen LogP) is 1.11. The summed E-state index contributed by atoms with van der Waals surface area (Å²) in [7, 11) is 0. The lowest BCUT2D eigenvalue weighted by Gasteiger charge is -2.07. The van der Waals surface area contributed by atoms with E-state index in [2.05, 4.69) is 22.6 Å². The number of primary amides is 1. The minimum absolute atomic E-state index is 0.498. The Kier molecular flexibility index (Phi) is 3.68. The maximum absolute atomic E-state index is 10.7. The van der Waals surface area contributed by atoms with Gasteiger partial charge in [-0.3, -0.25) is 4.79 Å². The molecule has 0 aromatic heterocycles. The molecule has 0 saturated carbocycles. The minimum atomic E-state index is -0.691. The van der Waals surface area contributed by atoms with Crippen LogP contribution < -0.4 is 11.5 Å². The molecule has 1 aromatic carbocycles. The van der Waals surface area contributed by atoms with Crippen LogP contribution in [0.2, 0.25) is 0 Å². The van der Waals surface area contributed by atoms with Crippen molar-refractivity contribution < 1.29 is 4.79 Å². The van der Waals surface area contributed by atoms with Crippen molar-refractivity contribution in [3.8, 4) is 0 Å². The van der Waals surface area contributed by atoms with E-state index in [1.54, 1.807) is 0 Å². The SMILES string of the molecule is NC(=O)C(N)c1ccc(CI)cc1. The molecule has 1 unspecified atom stereocenters. The largest absolute Gasteiger partial charge is 0.368 e. The molecule has 70 valence electrons. The van der Waals surface area contributed by atoms with Gasteiger partial charge in [-0.2, -0.15) is 0 Å². The van der Waals surface area contributed by atoms with E-state index >= 15 is 0 Å². The maximum Gasteiger partial charge on any atom is 0.238 e. The summed E-state index contributed by atoms with van der Waals surface area (Å²) in [6.45, 7) is 0. The van der Waals surface area contributed by atoms with E-state index in [1.165, 1.54) is 5.56 Å². The second-order valence-electron chi connectivity index (χ2n) is 2.76. The third kappa shape index (κ3) is 2.67. The average molecular weight is 290 g/mol. The molecule has 3 nitrogen and oxygen atoms in total. The first-order valence-electron chi connectivity index (χ1n) is 3.85. The Labute approximate surface area is 90.6 Å². The first-order valence-corrected chi connectivity index (χ1v) is 5.37. The first kappa shape index (κ1) is 10.5. The highest BCUT2D eigenvalue weighted by Gasteiger charge is 2.10. The molecule has 0 heterocycles. The highest BCUT2D eigenvalue weighted by atomic mass is 127. The summed E-state index contributed by atoms with van der Waals surface area (Å²) in [5.41, 5.74) is 12.6. The Morgan fingerprint density at radius 3 is 2.31 bits per heavy atom. The monoisotopic (exact) mass is 290 g/mol. The Morgan fingerprint density at radius 2 is 1.92 bits per heavy atom. The Morgan fingerprint density at radius 1 is 1.38 bits per heavy atom. The van der Waals surface area contributed by atoms with Gasteiger partial charge in [-0.15, -0.1) is 0 Å². The normalized spacial score (nSPS) is 12.5. The summed E-state index contributed by atoms with van der Waals surface area (Å²) in [5, 5.41) is 0. The van der Waals surface area contributed by atoms with Gasteiger partial charge in [0.1, 0.15) is 6.04 Å². The molecular weight excluding hydrogens is 279 g/mol. The third-order valence-electron chi connectivity index (χ3n) is 1.80. The van der Waals surface area contributed by atoms with Gasteiger partial charge in [-0.25, -0.2) is 0 Å².